The maximum atomic E-state index is 12.3. The molecule has 4 heteroatoms. The van der Waals surface area contributed by atoms with Crippen LogP contribution < -0.4 is 4.74 Å². The first-order valence-corrected chi connectivity index (χ1v) is 11.5. The van der Waals surface area contributed by atoms with Gasteiger partial charge in [0.15, 0.2) is 0 Å². The Bertz CT molecular complexity index is 866. The van der Waals surface area contributed by atoms with Gasteiger partial charge in [0.05, 0.1) is 13.2 Å². The number of carbonyl (C=O) groups is 1. The lowest BCUT2D eigenvalue weighted by Gasteiger charge is -2.17. The molecule has 0 aliphatic carbocycles. The van der Waals surface area contributed by atoms with E-state index in [0.29, 0.717) is 19.6 Å². The predicted molar refractivity (Wildman–Crippen MR) is 128 cm³/mol. The molecule has 0 fully saturated rings. The highest BCUT2D eigenvalue weighted by Gasteiger charge is 2.08. The molecule has 30 heavy (non-hydrogen) atoms. The Morgan fingerprint density at radius 3 is 2.77 bits per heavy atom. The van der Waals surface area contributed by atoms with Crippen LogP contribution in [0.2, 0.25) is 0 Å². The summed E-state index contributed by atoms with van der Waals surface area (Å²) in [6.07, 6.45) is 5.18. The number of Topliss-reactive ketones (excluding diaryl/α,β-unsaturated/α-hetero) is 1. The van der Waals surface area contributed by atoms with Gasteiger partial charge in [-0.1, -0.05) is 37.0 Å². The van der Waals surface area contributed by atoms with Gasteiger partial charge in [-0.25, -0.2) is 0 Å². The molecule has 0 atom stereocenters. The minimum absolute atomic E-state index is 0.0119. The van der Waals surface area contributed by atoms with Crippen LogP contribution in [0, 0.1) is 17.3 Å². The van der Waals surface area contributed by atoms with E-state index in [1.165, 1.54) is 5.56 Å². The number of ketones is 1. The summed E-state index contributed by atoms with van der Waals surface area (Å²) in [7, 11) is 0. The molecule has 0 unspecified atom stereocenters. The quantitative estimate of drug-likeness (QED) is 0.324. The third-order valence-corrected chi connectivity index (χ3v) is 5.10. The van der Waals surface area contributed by atoms with Gasteiger partial charge in [-0.05, 0) is 79.9 Å². The Morgan fingerprint density at radius 2 is 2.07 bits per heavy atom. The van der Waals surface area contributed by atoms with E-state index in [1.54, 1.807) is 11.3 Å². The Kier molecular flexibility index (Phi) is 9.86. The van der Waals surface area contributed by atoms with Crippen LogP contribution in [0.3, 0.4) is 0 Å². The topological polar surface area (TPSA) is 29.5 Å². The van der Waals surface area contributed by atoms with E-state index in [2.05, 4.69) is 73.4 Å². The minimum Gasteiger partial charge on any atom is -0.494 e. The lowest BCUT2D eigenvalue weighted by atomic mass is 9.98. The molecule has 0 amide bonds. The van der Waals surface area contributed by atoms with E-state index in [-0.39, 0.29) is 11.2 Å². The fourth-order valence-electron chi connectivity index (χ4n) is 2.81. The predicted octanol–water partition coefficient (Wildman–Crippen LogP) is 6.07. The molecular weight excluding hydrogens is 390 g/mol. The lowest BCUT2D eigenvalue weighted by molar-refractivity contribution is -0.120. The highest BCUT2D eigenvalue weighted by atomic mass is 32.1. The summed E-state index contributed by atoms with van der Waals surface area (Å²) in [5.41, 5.74) is 2.38. The number of hydrogen-bond acceptors (Lipinski definition) is 4. The number of allylic oxidation sites excluding steroid dienone is 1. The van der Waals surface area contributed by atoms with Gasteiger partial charge in [-0.2, -0.15) is 11.3 Å². The van der Waals surface area contributed by atoms with Crippen LogP contribution in [-0.4, -0.2) is 36.9 Å². The van der Waals surface area contributed by atoms with Gasteiger partial charge in [0.2, 0.25) is 0 Å². The Balaban J connectivity index is 1.69. The summed E-state index contributed by atoms with van der Waals surface area (Å²) < 4.78 is 5.86. The summed E-state index contributed by atoms with van der Waals surface area (Å²) >= 11 is 1.69. The van der Waals surface area contributed by atoms with Crippen molar-refractivity contribution in [2.75, 3.05) is 26.2 Å². The van der Waals surface area contributed by atoms with Gasteiger partial charge in [0, 0.05) is 18.4 Å². The van der Waals surface area contributed by atoms with Gasteiger partial charge in [0.25, 0.3) is 0 Å². The van der Waals surface area contributed by atoms with E-state index in [1.807, 2.05) is 24.3 Å². The third kappa shape index (κ3) is 9.43. The molecule has 0 saturated heterocycles. The molecule has 1 aromatic heterocycles. The van der Waals surface area contributed by atoms with E-state index >= 15 is 0 Å². The van der Waals surface area contributed by atoms with Crippen molar-refractivity contribution in [2.24, 2.45) is 5.41 Å². The van der Waals surface area contributed by atoms with Crippen molar-refractivity contribution in [3.05, 3.63) is 53.2 Å². The molecule has 1 aromatic carbocycles. The fraction of sp³-hybridized carbons (Fsp3) is 0.423. The molecule has 160 valence electrons. The Morgan fingerprint density at radius 1 is 1.23 bits per heavy atom. The van der Waals surface area contributed by atoms with Gasteiger partial charge in [-0.15, -0.1) is 0 Å². The highest BCUT2D eigenvalue weighted by Crippen LogP contribution is 2.25. The second kappa shape index (κ2) is 12.4. The van der Waals surface area contributed by atoms with Crippen molar-refractivity contribution in [2.45, 2.75) is 40.5 Å². The van der Waals surface area contributed by atoms with Crippen molar-refractivity contribution >= 4 is 17.1 Å². The zero-order chi connectivity index (χ0) is 21.8. The van der Waals surface area contributed by atoms with Crippen LogP contribution in [0.5, 0.6) is 5.75 Å². The van der Waals surface area contributed by atoms with Crippen molar-refractivity contribution in [1.29, 1.82) is 0 Å². The average molecular weight is 424 g/mol. The normalized spacial score (nSPS) is 11.5. The van der Waals surface area contributed by atoms with Gasteiger partial charge < -0.3 is 4.74 Å². The summed E-state index contributed by atoms with van der Waals surface area (Å²) in [6, 6.07) is 10.2. The SMILES string of the molecule is CCN(CC=CC#CC(C)(C)C)CC(=O)CCCOc1cccc(-c2ccsc2)c1. The third-order valence-electron chi connectivity index (χ3n) is 4.42. The van der Waals surface area contributed by atoms with Gasteiger partial charge in [-0.3, -0.25) is 9.69 Å². The number of thiophene rings is 1. The number of rotatable bonds is 11. The largest absolute Gasteiger partial charge is 0.494 e. The molecule has 0 bridgehead atoms. The van der Waals surface area contributed by atoms with Crippen LogP contribution in [0.1, 0.15) is 40.5 Å². The van der Waals surface area contributed by atoms with Crippen LogP contribution in [0.4, 0.5) is 0 Å². The van der Waals surface area contributed by atoms with Crippen molar-refractivity contribution in [3.63, 3.8) is 0 Å². The number of carbonyl (C=O) groups excluding carboxylic acids is 1. The molecule has 0 saturated carbocycles. The van der Waals surface area contributed by atoms with Gasteiger partial charge in [0.1, 0.15) is 11.5 Å². The number of ether oxygens (including phenoxy) is 1. The molecule has 1 heterocycles. The molecule has 0 radical (unpaired) electrons. The molecule has 2 aromatic rings. The molecule has 2 rings (SSSR count). The van der Waals surface area contributed by atoms with Crippen LogP contribution in [0.25, 0.3) is 11.1 Å². The monoisotopic (exact) mass is 423 g/mol. The fourth-order valence-corrected chi connectivity index (χ4v) is 3.47. The van der Waals surface area contributed by atoms with Crippen LogP contribution in [-0.2, 0) is 4.79 Å². The minimum atomic E-state index is 0.0119. The second-order valence-corrected chi connectivity index (χ2v) is 9.06. The van der Waals surface area contributed by atoms with Crippen molar-refractivity contribution in [3.8, 4) is 28.7 Å². The number of benzene rings is 1. The van der Waals surface area contributed by atoms with E-state index < -0.39 is 0 Å². The first-order chi connectivity index (χ1) is 14.4. The van der Waals surface area contributed by atoms with Crippen molar-refractivity contribution in [1.82, 2.24) is 4.90 Å². The standard InChI is InChI=1S/C26H33NO2S/c1-5-27(16-8-6-7-15-26(2,3)4)20-24(28)12-10-17-29-25-13-9-11-22(19-25)23-14-18-30-21-23/h6,8-9,11,13-14,18-19,21H,5,10,12,16-17,20H2,1-4H3. The second-order valence-electron chi connectivity index (χ2n) is 8.28. The van der Waals surface area contributed by atoms with E-state index in [0.717, 1.165) is 30.8 Å². The Hall–Kier alpha value is -2.35. The van der Waals surface area contributed by atoms with E-state index in [9.17, 15) is 4.79 Å². The smallest absolute Gasteiger partial charge is 0.146 e. The maximum Gasteiger partial charge on any atom is 0.146 e. The number of hydrogen-bond donors (Lipinski definition) is 0. The Labute approximate surface area is 185 Å². The molecule has 0 aliphatic rings. The molecule has 0 spiro atoms. The molecule has 3 nitrogen and oxygen atoms in total. The maximum absolute atomic E-state index is 12.3. The van der Waals surface area contributed by atoms with E-state index in [4.69, 9.17) is 4.74 Å². The van der Waals surface area contributed by atoms with Crippen molar-refractivity contribution < 1.29 is 9.53 Å². The zero-order valence-corrected chi connectivity index (χ0v) is 19.4. The molecular formula is C26H33NO2S. The van der Waals surface area contributed by atoms with Gasteiger partial charge >= 0.3 is 0 Å². The number of nitrogens with zero attached hydrogens (tertiary/aromatic N) is 1. The molecule has 0 aliphatic heterocycles. The summed E-state index contributed by atoms with van der Waals surface area (Å²) in [5, 5.41) is 4.20. The summed E-state index contributed by atoms with van der Waals surface area (Å²) in [6.45, 7) is 11.0. The highest BCUT2D eigenvalue weighted by molar-refractivity contribution is 7.08. The first-order valence-electron chi connectivity index (χ1n) is 10.5. The lowest BCUT2D eigenvalue weighted by Crippen LogP contribution is -2.30. The summed E-state index contributed by atoms with van der Waals surface area (Å²) in [5.74, 6) is 7.35. The average Bonchev–Trinajstić information content (AvgIpc) is 3.24. The number of likely N-dealkylation sites (N-methyl/N-ethyl adjacent to an activating group) is 1. The summed E-state index contributed by atoms with van der Waals surface area (Å²) in [4.78, 5) is 14.4. The van der Waals surface area contributed by atoms with Crippen LogP contribution >= 0.6 is 11.3 Å². The zero-order valence-electron chi connectivity index (χ0n) is 18.6. The van der Waals surface area contributed by atoms with Crippen LogP contribution in [0.15, 0.2) is 53.2 Å². The first kappa shape index (κ1) is 23.9. The molecule has 0 N–H and O–H groups in total.